The van der Waals surface area contributed by atoms with Crippen LogP contribution < -0.4 is 5.32 Å². The summed E-state index contributed by atoms with van der Waals surface area (Å²) in [7, 11) is 0. The van der Waals surface area contributed by atoms with Crippen molar-refractivity contribution in [3.05, 3.63) is 65.7 Å². The van der Waals surface area contributed by atoms with Crippen LogP contribution in [0, 0.1) is 0 Å². The Balaban J connectivity index is 1.30. The molecular formula is C19H20N4O. The SMILES string of the molecule is c1ccc(-c2noc(NCCN3CCc4ccccc4C3)n2)cc1. The molecule has 0 saturated carbocycles. The zero-order chi connectivity index (χ0) is 16.2. The fourth-order valence-electron chi connectivity index (χ4n) is 3.07. The third-order valence-corrected chi connectivity index (χ3v) is 4.37. The maximum absolute atomic E-state index is 5.27. The molecule has 1 aromatic heterocycles. The second-order valence-electron chi connectivity index (χ2n) is 6.01. The second-order valence-corrected chi connectivity index (χ2v) is 6.01. The first-order valence-electron chi connectivity index (χ1n) is 8.30. The molecule has 0 spiro atoms. The fraction of sp³-hybridized carbons (Fsp3) is 0.263. The molecule has 2 heterocycles. The van der Waals surface area contributed by atoms with Crippen LogP contribution in [0.2, 0.25) is 0 Å². The molecule has 1 aliphatic rings. The summed E-state index contributed by atoms with van der Waals surface area (Å²) >= 11 is 0. The number of benzene rings is 2. The molecule has 2 aromatic carbocycles. The first-order chi connectivity index (χ1) is 11.9. The lowest BCUT2D eigenvalue weighted by molar-refractivity contribution is 0.263. The minimum atomic E-state index is 0.478. The van der Waals surface area contributed by atoms with Gasteiger partial charge in [-0.2, -0.15) is 4.98 Å². The van der Waals surface area contributed by atoms with Gasteiger partial charge in [0.25, 0.3) is 0 Å². The highest BCUT2D eigenvalue weighted by atomic mass is 16.5. The van der Waals surface area contributed by atoms with E-state index in [1.165, 1.54) is 11.1 Å². The van der Waals surface area contributed by atoms with Crippen LogP contribution in [0.1, 0.15) is 11.1 Å². The van der Waals surface area contributed by atoms with Crippen LogP contribution in [0.4, 0.5) is 6.01 Å². The Kier molecular flexibility index (Phi) is 4.25. The van der Waals surface area contributed by atoms with Crippen LogP contribution in [0.15, 0.2) is 59.1 Å². The maximum Gasteiger partial charge on any atom is 0.321 e. The van der Waals surface area contributed by atoms with Crippen molar-refractivity contribution in [3.63, 3.8) is 0 Å². The number of nitrogens with zero attached hydrogens (tertiary/aromatic N) is 3. The Bertz CT molecular complexity index is 800. The normalized spacial score (nSPS) is 14.3. The zero-order valence-corrected chi connectivity index (χ0v) is 13.5. The molecule has 122 valence electrons. The first-order valence-corrected chi connectivity index (χ1v) is 8.30. The molecule has 5 heteroatoms. The van der Waals surface area contributed by atoms with Crippen molar-refractivity contribution in [2.75, 3.05) is 25.0 Å². The summed E-state index contributed by atoms with van der Waals surface area (Å²) in [5.41, 5.74) is 3.88. The molecule has 0 saturated heterocycles. The van der Waals surface area contributed by atoms with Gasteiger partial charge in [0.15, 0.2) is 0 Å². The summed E-state index contributed by atoms with van der Waals surface area (Å²) in [5.74, 6) is 0.616. The highest BCUT2D eigenvalue weighted by Gasteiger charge is 2.15. The van der Waals surface area contributed by atoms with E-state index in [2.05, 4.69) is 44.6 Å². The third kappa shape index (κ3) is 3.31. The predicted octanol–water partition coefficient (Wildman–Crippen LogP) is 3.21. The van der Waals surface area contributed by atoms with Crippen LogP contribution in [0.25, 0.3) is 11.4 Å². The van der Waals surface area contributed by atoms with Gasteiger partial charge < -0.3 is 9.84 Å². The van der Waals surface area contributed by atoms with Crippen LogP contribution in [0.5, 0.6) is 0 Å². The Morgan fingerprint density at radius 3 is 2.67 bits per heavy atom. The molecule has 24 heavy (non-hydrogen) atoms. The summed E-state index contributed by atoms with van der Waals surface area (Å²) in [6.45, 7) is 3.85. The third-order valence-electron chi connectivity index (χ3n) is 4.37. The monoisotopic (exact) mass is 320 g/mol. The molecule has 0 radical (unpaired) electrons. The van der Waals surface area contributed by atoms with Crippen molar-refractivity contribution >= 4 is 6.01 Å². The molecule has 0 unspecified atom stereocenters. The van der Waals surface area contributed by atoms with E-state index in [0.29, 0.717) is 11.8 Å². The van der Waals surface area contributed by atoms with Crippen molar-refractivity contribution in [2.45, 2.75) is 13.0 Å². The van der Waals surface area contributed by atoms with E-state index in [1.54, 1.807) is 0 Å². The molecule has 1 aliphatic heterocycles. The molecule has 0 amide bonds. The number of aromatic nitrogens is 2. The van der Waals surface area contributed by atoms with Crippen LogP contribution in [-0.4, -0.2) is 34.7 Å². The molecule has 0 bridgehead atoms. The highest BCUT2D eigenvalue weighted by Crippen LogP contribution is 2.19. The molecule has 4 rings (SSSR count). The quantitative estimate of drug-likeness (QED) is 0.782. The van der Waals surface area contributed by atoms with E-state index in [0.717, 1.165) is 38.2 Å². The van der Waals surface area contributed by atoms with E-state index in [-0.39, 0.29) is 0 Å². The number of hydrogen-bond acceptors (Lipinski definition) is 5. The maximum atomic E-state index is 5.27. The Morgan fingerprint density at radius 1 is 1.00 bits per heavy atom. The van der Waals surface area contributed by atoms with E-state index < -0.39 is 0 Å². The zero-order valence-electron chi connectivity index (χ0n) is 13.5. The number of rotatable bonds is 5. The minimum absolute atomic E-state index is 0.478. The number of nitrogens with one attached hydrogen (secondary N) is 1. The lowest BCUT2D eigenvalue weighted by atomic mass is 10.00. The van der Waals surface area contributed by atoms with Gasteiger partial charge in [0.2, 0.25) is 5.82 Å². The van der Waals surface area contributed by atoms with Gasteiger partial charge in [-0.1, -0.05) is 59.8 Å². The van der Waals surface area contributed by atoms with Gasteiger partial charge >= 0.3 is 6.01 Å². The van der Waals surface area contributed by atoms with E-state index in [4.69, 9.17) is 4.52 Å². The Morgan fingerprint density at radius 2 is 1.79 bits per heavy atom. The Labute approximate surface area is 141 Å². The summed E-state index contributed by atoms with van der Waals surface area (Å²) in [5, 5.41) is 7.24. The molecule has 3 aromatic rings. The van der Waals surface area contributed by atoms with Gasteiger partial charge in [0.1, 0.15) is 0 Å². The summed E-state index contributed by atoms with van der Waals surface area (Å²) < 4.78 is 5.27. The average Bonchev–Trinajstić information content (AvgIpc) is 3.11. The minimum Gasteiger partial charge on any atom is -0.336 e. The van der Waals surface area contributed by atoms with Gasteiger partial charge in [-0.25, -0.2) is 0 Å². The summed E-state index contributed by atoms with van der Waals surface area (Å²) in [6.07, 6.45) is 1.12. The van der Waals surface area contributed by atoms with Gasteiger partial charge in [-0.15, -0.1) is 0 Å². The topological polar surface area (TPSA) is 54.2 Å². The molecule has 0 fully saturated rings. The van der Waals surface area contributed by atoms with E-state index >= 15 is 0 Å². The van der Waals surface area contributed by atoms with Gasteiger partial charge in [-0.3, -0.25) is 4.90 Å². The van der Waals surface area contributed by atoms with Crippen LogP contribution >= 0.6 is 0 Å². The molecule has 5 nitrogen and oxygen atoms in total. The lowest BCUT2D eigenvalue weighted by Gasteiger charge is -2.28. The number of hydrogen-bond donors (Lipinski definition) is 1. The van der Waals surface area contributed by atoms with Crippen molar-refractivity contribution in [3.8, 4) is 11.4 Å². The van der Waals surface area contributed by atoms with Crippen LogP contribution in [0.3, 0.4) is 0 Å². The molecular weight excluding hydrogens is 300 g/mol. The van der Waals surface area contributed by atoms with Crippen molar-refractivity contribution in [1.29, 1.82) is 0 Å². The predicted molar refractivity (Wildman–Crippen MR) is 93.6 cm³/mol. The largest absolute Gasteiger partial charge is 0.336 e. The molecule has 0 atom stereocenters. The fourth-order valence-corrected chi connectivity index (χ4v) is 3.07. The van der Waals surface area contributed by atoms with Crippen LogP contribution in [-0.2, 0) is 13.0 Å². The van der Waals surface area contributed by atoms with E-state index in [1.807, 2.05) is 30.3 Å². The lowest BCUT2D eigenvalue weighted by Crippen LogP contribution is -2.34. The van der Waals surface area contributed by atoms with Crippen molar-refractivity contribution in [1.82, 2.24) is 15.0 Å². The van der Waals surface area contributed by atoms with Crippen molar-refractivity contribution in [2.24, 2.45) is 0 Å². The second kappa shape index (κ2) is 6.84. The summed E-state index contributed by atoms with van der Waals surface area (Å²) in [6, 6.07) is 19.0. The highest BCUT2D eigenvalue weighted by molar-refractivity contribution is 5.54. The number of fused-ring (bicyclic) bond motifs is 1. The summed E-state index contributed by atoms with van der Waals surface area (Å²) in [4.78, 5) is 6.84. The smallest absolute Gasteiger partial charge is 0.321 e. The van der Waals surface area contributed by atoms with Gasteiger partial charge in [0.05, 0.1) is 0 Å². The van der Waals surface area contributed by atoms with E-state index in [9.17, 15) is 0 Å². The first kappa shape index (κ1) is 14.9. The van der Waals surface area contributed by atoms with Gasteiger partial charge in [0, 0.05) is 31.7 Å². The van der Waals surface area contributed by atoms with Gasteiger partial charge in [-0.05, 0) is 17.5 Å². The standard InChI is InChI=1S/C19H20N4O/c1-2-7-16(8-3-1)18-21-19(24-22-18)20-11-13-23-12-10-15-6-4-5-9-17(15)14-23/h1-9H,10-14H2,(H,20,21,22). The average molecular weight is 320 g/mol. The Hall–Kier alpha value is -2.66. The van der Waals surface area contributed by atoms with Crippen molar-refractivity contribution < 1.29 is 4.52 Å². The molecule has 1 N–H and O–H groups in total. The number of anilines is 1. The molecule has 0 aliphatic carbocycles.